The van der Waals surface area contributed by atoms with Gasteiger partial charge >= 0.3 is 11.9 Å². The molecule has 8 heteroatoms. The Kier molecular flexibility index (Phi) is 7.74. The first-order valence-corrected chi connectivity index (χ1v) is 11.5. The SMILES string of the molecule is O=C(O)c1ccc(C(=O)Nc2ccc(C(=O)Nc3ccc(/C=C/c4ccccc4)cc3C(=O)O)cc2)cc1. The summed E-state index contributed by atoms with van der Waals surface area (Å²) in [6, 6.07) is 25.9. The summed E-state index contributed by atoms with van der Waals surface area (Å²) < 4.78 is 0. The van der Waals surface area contributed by atoms with Crippen molar-refractivity contribution in [2.24, 2.45) is 0 Å². The summed E-state index contributed by atoms with van der Waals surface area (Å²) in [6.07, 6.45) is 3.66. The van der Waals surface area contributed by atoms with Gasteiger partial charge in [-0.3, -0.25) is 9.59 Å². The molecule has 0 atom stereocenters. The van der Waals surface area contributed by atoms with E-state index >= 15 is 0 Å². The number of hydrogen-bond acceptors (Lipinski definition) is 4. The quantitative estimate of drug-likeness (QED) is 0.225. The summed E-state index contributed by atoms with van der Waals surface area (Å²) in [7, 11) is 0. The van der Waals surface area contributed by atoms with Crippen LogP contribution in [0.4, 0.5) is 11.4 Å². The second kappa shape index (κ2) is 11.5. The van der Waals surface area contributed by atoms with Gasteiger partial charge < -0.3 is 20.8 Å². The largest absolute Gasteiger partial charge is 0.478 e. The van der Waals surface area contributed by atoms with Crippen molar-refractivity contribution in [1.82, 2.24) is 0 Å². The maximum Gasteiger partial charge on any atom is 0.337 e. The van der Waals surface area contributed by atoms with Crippen LogP contribution in [-0.4, -0.2) is 34.0 Å². The second-order valence-corrected chi connectivity index (χ2v) is 8.22. The van der Waals surface area contributed by atoms with E-state index in [2.05, 4.69) is 10.6 Å². The van der Waals surface area contributed by atoms with Crippen LogP contribution in [0.3, 0.4) is 0 Å². The van der Waals surface area contributed by atoms with Crippen molar-refractivity contribution >= 4 is 47.3 Å². The molecule has 0 spiro atoms. The lowest BCUT2D eigenvalue weighted by atomic mass is 10.1. The molecule has 4 aromatic rings. The molecule has 0 aromatic heterocycles. The molecule has 8 nitrogen and oxygen atoms in total. The summed E-state index contributed by atoms with van der Waals surface area (Å²) in [5.74, 6) is -3.21. The third-order valence-corrected chi connectivity index (χ3v) is 5.59. The Balaban J connectivity index is 1.43. The van der Waals surface area contributed by atoms with Crippen LogP contribution < -0.4 is 10.6 Å². The first-order chi connectivity index (χ1) is 18.3. The standard InChI is InChI=1S/C30H22N2O6/c33-27(21-9-11-23(12-10-21)29(35)36)31-24-15-13-22(14-16-24)28(34)32-26-17-8-20(18-25(26)30(37)38)7-6-19-4-2-1-3-5-19/h1-18H,(H,31,33)(H,32,34)(H,35,36)(H,37,38)/b7-6+. The van der Waals surface area contributed by atoms with Crippen LogP contribution in [0.25, 0.3) is 12.2 Å². The van der Waals surface area contributed by atoms with Crippen molar-refractivity contribution in [3.63, 3.8) is 0 Å². The lowest BCUT2D eigenvalue weighted by Gasteiger charge is -2.10. The van der Waals surface area contributed by atoms with Crippen molar-refractivity contribution in [3.8, 4) is 0 Å². The molecule has 188 valence electrons. The zero-order chi connectivity index (χ0) is 27.1. The molecule has 0 radical (unpaired) electrons. The van der Waals surface area contributed by atoms with Crippen LogP contribution in [0.2, 0.25) is 0 Å². The van der Waals surface area contributed by atoms with Gasteiger partial charge in [-0.05, 0) is 71.8 Å². The Morgan fingerprint density at radius 1 is 0.553 bits per heavy atom. The molecule has 0 saturated carbocycles. The van der Waals surface area contributed by atoms with Crippen LogP contribution >= 0.6 is 0 Å². The predicted molar refractivity (Wildman–Crippen MR) is 145 cm³/mol. The van der Waals surface area contributed by atoms with E-state index in [0.717, 1.165) is 5.56 Å². The van der Waals surface area contributed by atoms with Crippen LogP contribution in [0.5, 0.6) is 0 Å². The molecule has 0 bridgehead atoms. The normalized spacial score (nSPS) is 10.6. The van der Waals surface area contributed by atoms with E-state index in [1.165, 1.54) is 60.7 Å². The van der Waals surface area contributed by atoms with Gasteiger partial charge in [0.15, 0.2) is 0 Å². The first kappa shape index (κ1) is 25.6. The molecule has 0 unspecified atom stereocenters. The number of hydrogen-bond donors (Lipinski definition) is 4. The Bertz CT molecular complexity index is 1530. The molecular weight excluding hydrogens is 484 g/mol. The maximum atomic E-state index is 12.8. The Labute approximate surface area is 217 Å². The molecule has 0 aliphatic rings. The number of carboxylic acid groups (broad SMARTS) is 2. The molecular formula is C30H22N2O6. The minimum atomic E-state index is -1.18. The topological polar surface area (TPSA) is 133 Å². The molecule has 0 heterocycles. The number of nitrogens with one attached hydrogen (secondary N) is 2. The van der Waals surface area contributed by atoms with E-state index in [1.807, 2.05) is 36.4 Å². The summed E-state index contributed by atoms with van der Waals surface area (Å²) in [4.78, 5) is 48.0. The van der Waals surface area contributed by atoms with Crippen molar-refractivity contribution < 1.29 is 29.4 Å². The minimum Gasteiger partial charge on any atom is -0.478 e. The minimum absolute atomic E-state index is 0.0497. The molecule has 4 N–H and O–H groups in total. The third-order valence-electron chi connectivity index (χ3n) is 5.59. The Hall–Kier alpha value is -5.50. The molecule has 0 saturated heterocycles. The third kappa shape index (κ3) is 6.38. The van der Waals surface area contributed by atoms with Gasteiger partial charge in [-0.1, -0.05) is 48.6 Å². The highest BCUT2D eigenvalue weighted by Gasteiger charge is 2.15. The van der Waals surface area contributed by atoms with E-state index in [4.69, 9.17) is 5.11 Å². The number of amides is 2. The zero-order valence-electron chi connectivity index (χ0n) is 19.9. The highest BCUT2D eigenvalue weighted by Crippen LogP contribution is 2.21. The number of carbonyl (C=O) groups excluding carboxylic acids is 2. The number of benzene rings is 4. The monoisotopic (exact) mass is 506 g/mol. The first-order valence-electron chi connectivity index (χ1n) is 11.5. The van der Waals surface area contributed by atoms with E-state index in [9.17, 15) is 24.3 Å². The summed E-state index contributed by atoms with van der Waals surface area (Å²) >= 11 is 0. The van der Waals surface area contributed by atoms with E-state index in [0.29, 0.717) is 11.3 Å². The average Bonchev–Trinajstić information content (AvgIpc) is 2.93. The van der Waals surface area contributed by atoms with E-state index < -0.39 is 23.8 Å². The van der Waals surface area contributed by atoms with Crippen molar-refractivity contribution in [2.75, 3.05) is 10.6 Å². The predicted octanol–water partition coefficient (Wildman–Crippen LogP) is 5.76. The molecule has 0 aliphatic heterocycles. The number of anilines is 2. The van der Waals surface area contributed by atoms with Crippen LogP contribution in [0.15, 0.2) is 97.1 Å². The molecule has 0 fully saturated rings. The molecule has 38 heavy (non-hydrogen) atoms. The molecule has 4 rings (SSSR count). The summed E-state index contributed by atoms with van der Waals surface area (Å²) in [6.45, 7) is 0. The number of aromatic carboxylic acids is 2. The number of rotatable bonds is 8. The fourth-order valence-corrected chi connectivity index (χ4v) is 3.57. The van der Waals surface area contributed by atoms with Gasteiger partial charge in [0.25, 0.3) is 11.8 Å². The maximum absolute atomic E-state index is 12.8. The van der Waals surface area contributed by atoms with Gasteiger partial charge in [0.2, 0.25) is 0 Å². The van der Waals surface area contributed by atoms with Gasteiger partial charge in [-0.2, -0.15) is 0 Å². The number of carboxylic acids is 2. The fraction of sp³-hybridized carbons (Fsp3) is 0. The summed E-state index contributed by atoms with van der Waals surface area (Å²) in [5, 5.41) is 23.9. The van der Waals surface area contributed by atoms with Gasteiger partial charge in [-0.15, -0.1) is 0 Å². The van der Waals surface area contributed by atoms with Crippen LogP contribution in [0, 0.1) is 0 Å². The lowest BCUT2D eigenvalue weighted by Crippen LogP contribution is -2.15. The fourth-order valence-electron chi connectivity index (χ4n) is 3.57. The zero-order valence-corrected chi connectivity index (χ0v) is 19.9. The van der Waals surface area contributed by atoms with Gasteiger partial charge in [0, 0.05) is 16.8 Å². The molecule has 0 aliphatic carbocycles. The number of carbonyl (C=O) groups is 4. The van der Waals surface area contributed by atoms with Gasteiger partial charge in [0.1, 0.15) is 0 Å². The van der Waals surface area contributed by atoms with Crippen molar-refractivity contribution in [3.05, 3.63) is 130 Å². The molecule has 4 aromatic carbocycles. The van der Waals surface area contributed by atoms with Crippen LogP contribution in [-0.2, 0) is 0 Å². The van der Waals surface area contributed by atoms with Gasteiger partial charge in [-0.25, -0.2) is 9.59 Å². The molecule has 2 amide bonds. The van der Waals surface area contributed by atoms with E-state index in [-0.39, 0.29) is 27.9 Å². The highest BCUT2D eigenvalue weighted by atomic mass is 16.4. The average molecular weight is 507 g/mol. The summed E-state index contributed by atoms with van der Waals surface area (Å²) in [5.41, 5.74) is 2.78. The van der Waals surface area contributed by atoms with Crippen molar-refractivity contribution in [1.29, 1.82) is 0 Å². The highest BCUT2D eigenvalue weighted by molar-refractivity contribution is 6.09. The Morgan fingerprint density at radius 3 is 1.71 bits per heavy atom. The van der Waals surface area contributed by atoms with Crippen LogP contribution in [0.1, 0.15) is 52.6 Å². The smallest absolute Gasteiger partial charge is 0.337 e. The van der Waals surface area contributed by atoms with Crippen molar-refractivity contribution in [2.45, 2.75) is 0 Å². The lowest BCUT2D eigenvalue weighted by molar-refractivity contribution is 0.0686. The van der Waals surface area contributed by atoms with Gasteiger partial charge in [0.05, 0.1) is 16.8 Å². The Morgan fingerprint density at radius 2 is 1.11 bits per heavy atom. The van der Waals surface area contributed by atoms with E-state index in [1.54, 1.807) is 12.1 Å². The second-order valence-electron chi connectivity index (χ2n) is 8.22.